The Hall–Kier alpha value is -3.25. The van der Waals surface area contributed by atoms with E-state index in [1.165, 1.54) is 0 Å². The maximum Gasteiger partial charge on any atom is 0.262 e. The minimum atomic E-state index is -0.199. The largest absolute Gasteiger partial charge is 0.483 e. The highest BCUT2D eigenvalue weighted by Gasteiger charge is 2.08. The van der Waals surface area contributed by atoms with Gasteiger partial charge in [0.25, 0.3) is 5.91 Å². The zero-order valence-corrected chi connectivity index (χ0v) is 15.5. The molecule has 0 unspecified atom stereocenters. The van der Waals surface area contributed by atoms with Gasteiger partial charge in [0.05, 0.1) is 0 Å². The minimum Gasteiger partial charge on any atom is -0.483 e. The fourth-order valence-corrected chi connectivity index (χ4v) is 3.56. The monoisotopic (exact) mass is 375 g/mol. The molecule has 134 valence electrons. The van der Waals surface area contributed by atoms with E-state index in [1.54, 1.807) is 17.5 Å². The zero-order chi connectivity index (χ0) is 18.6. The quantitative estimate of drug-likeness (QED) is 0.550. The number of carbonyl (C=O) groups excluding carboxylic acids is 1. The van der Waals surface area contributed by atoms with Crippen molar-refractivity contribution in [3.63, 3.8) is 0 Å². The number of para-hydroxylation sites is 1. The number of ether oxygens (including phenoxy) is 1. The number of thiazole rings is 1. The van der Waals surface area contributed by atoms with Crippen molar-refractivity contribution in [3.8, 4) is 16.3 Å². The van der Waals surface area contributed by atoms with Gasteiger partial charge in [-0.05, 0) is 55.0 Å². The molecule has 0 spiro atoms. The van der Waals surface area contributed by atoms with E-state index in [2.05, 4.69) is 15.3 Å². The third-order valence-electron chi connectivity index (χ3n) is 4.03. The summed E-state index contributed by atoms with van der Waals surface area (Å²) >= 11 is 1.55. The molecule has 2 aromatic carbocycles. The minimum absolute atomic E-state index is 0.0316. The Bertz CT molecular complexity index is 1060. The van der Waals surface area contributed by atoms with Crippen molar-refractivity contribution in [2.45, 2.75) is 6.92 Å². The maximum absolute atomic E-state index is 12.1. The molecule has 2 aromatic heterocycles. The van der Waals surface area contributed by atoms with Gasteiger partial charge in [0.15, 0.2) is 6.61 Å². The van der Waals surface area contributed by atoms with Crippen LogP contribution in [-0.4, -0.2) is 22.5 Å². The molecule has 4 aromatic rings. The van der Waals surface area contributed by atoms with Crippen LogP contribution in [0.25, 0.3) is 20.9 Å². The van der Waals surface area contributed by atoms with Crippen LogP contribution in [0, 0.1) is 6.92 Å². The summed E-state index contributed by atoms with van der Waals surface area (Å²) in [5, 5.41) is 3.75. The fourth-order valence-electron chi connectivity index (χ4n) is 2.65. The number of pyridine rings is 1. The Labute approximate surface area is 160 Å². The molecular formula is C21H17N3O2S. The van der Waals surface area contributed by atoms with Crippen LogP contribution in [-0.2, 0) is 4.79 Å². The third kappa shape index (κ3) is 3.96. The van der Waals surface area contributed by atoms with Crippen molar-refractivity contribution in [3.05, 3.63) is 72.4 Å². The predicted molar refractivity (Wildman–Crippen MR) is 108 cm³/mol. The molecule has 0 saturated heterocycles. The van der Waals surface area contributed by atoms with Crippen LogP contribution in [0.3, 0.4) is 0 Å². The second-order valence-corrected chi connectivity index (χ2v) is 7.00. The Morgan fingerprint density at radius 3 is 2.67 bits per heavy atom. The molecule has 0 aliphatic heterocycles. The number of carbonyl (C=O) groups is 1. The van der Waals surface area contributed by atoms with Crippen molar-refractivity contribution in [1.29, 1.82) is 0 Å². The van der Waals surface area contributed by atoms with Crippen molar-refractivity contribution in [1.82, 2.24) is 9.97 Å². The first kappa shape index (κ1) is 17.2. The summed E-state index contributed by atoms with van der Waals surface area (Å²) in [6.07, 6.45) is 1.77. The molecule has 0 radical (unpaired) electrons. The molecule has 6 heteroatoms. The van der Waals surface area contributed by atoms with Crippen LogP contribution in [0.4, 0.5) is 5.69 Å². The smallest absolute Gasteiger partial charge is 0.262 e. The molecular weight excluding hydrogens is 358 g/mol. The fraction of sp³-hybridized carbons (Fsp3) is 0.0952. The number of rotatable bonds is 5. The summed E-state index contributed by atoms with van der Waals surface area (Å²) in [5.74, 6) is 0.516. The van der Waals surface area contributed by atoms with E-state index in [4.69, 9.17) is 4.74 Å². The van der Waals surface area contributed by atoms with E-state index in [1.807, 2.05) is 67.6 Å². The molecule has 27 heavy (non-hydrogen) atoms. The molecule has 0 atom stereocenters. The highest BCUT2D eigenvalue weighted by molar-refractivity contribution is 7.21. The lowest BCUT2D eigenvalue weighted by molar-refractivity contribution is -0.118. The van der Waals surface area contributed by atoms with Gasteiger partial charge >= 0.3 is 0 Å². The summed E-state index contributed by atoms with van der Waals surface area (Å²) in [7, 11) is 0. The highest BCUT2D eigenvalue weighted by atomic mass is 32.1. The summed E-state index contributed by atoms with van der Waals surface area (Å²) in [4.78, 5) is 21.9. The average molecular weight is 375 g/mol. The number of nitrogens with one attached hydrogen (secondary N) is 1. The van der Waals surface area contributed by atoms with E-state index in [-0.39, 0.29) is 12.5 Å². The molecule has 0 saturated carbocycles. The molecule has 0 aliphatic rings. The number of fused-ring (bicyclic) bond motifs is 1. The van der Waals surface area contributed by atoms with Crippen molar-refractivity contribution >= 4 is 33.3 Å². The van der Waals surface area contributed by atoms with Crippen molar-refractivity contribution < 1.29 is 9.53 Å². The Balaban J connectivity index is 1.40. The summed E-state index contributed by atoms with van der Waals surface area (Å²) in [5.41, 5.74) is 3.60. The molecule has 0 bridgehead atoms. The summed E-state index contributed by atoms with van der Waals surface area (Å²) in [6.45, 7) is 1.92. The van der Waals surface area contributed by atoms with Gasteiger partial charge in [-0.3, -0.25) is 4.79 Å². The zero-order valence-electron chi connectivity index (χ0n) is 14.7. The topological polar surface area (TPSA) is 64.1 Å². The van der Waals surface area contributed by atoms with Gasteiger partial charge in [-0.25, -0.2) is 9.97 Å². The molecule has 2 heterocycles. The van der Waals surface area contributed by atoms with Gasteiger partial charge in [-0.2, -0.15) is 0 Å². The van der Waals surface area contributed by atoms with E-state index < -0.39 is 0 Å². The van der Waals surface area contributed by atoms with Gasteiger partial charge in [0, 0.05) is 17.4 Å². The van der Waals surface area contributed by atoms with Gasteiger partial charge in [0.1, 0.15) is 21.1 Å². The standard InChI is InChI=1S/C21H17N3O2S/c1-14-5-2-3-7-18(14)26-13-19(25)23-16-10-8-15(9-11-16)20-24-17-6-4-12-22-21(17)27-20/h2-12H,13H2,1H3,(H,23,25). The first-order chi connectivity index (χ1) is 13.2. The lowest BCUT2D eigenvalue weighted by Gasteiger charge is -2.09. The van der Waals surface area contributed by atoms with Gasteiger partial charge < -0.3 is 10.1 Å². The van der Waals surface area contributed by atoms with Crippen LogP contribution < -0.4 is 10.1 Å². The summed E-state index contributed by atoms with van der Waals surface area (Å²) < 4.78 is 5.57. The lowest BCUT2D eigenvalue weighted by atomic mass is 10.2. The first-order valence-corrected chi connectivity index (χ1v) is 9.31. The number of anilines is 1. The lowest BCUT2D eigenvalue weighted by Crippen LogP contribution is -2.20. The number of aromatic nitrogens is 2. The van der Waals surface area contributed by atoms with Gasteiger partial charge in [0.2, 0.25) is 0 Å². The predicted octanol–water partition coefficient (Wildman–Crippen LogP) is 4.68. The van der Waals surface area contributed by atoms with Crippen molar-refractivity contribution in [2.24, 2.45) is 0 Å². The Kier molecular flexibility index (Phi) is 4.80. The van der Waals surface area contributed by atoms with Crippen LogP contribution >= 0.6 is 11.3 Å². The number of amides is 1. The van der Waals surface area contributed by atoms with Gasteiger partial charge in [-0.1, -0.05) is 29.5 Å². The third-order valence-corrected chi connectivity index (χ3v) is 5.06. The van der Waals surface area contributed by atoms with E-state index in [0.717, 1.165) is 32.2 Å². The second-order valence-electron chi connectivity index (χ2n) is 6.03. The number of aryl methyl sites for hydroxylation is 1. The second kappa shape index (κ2) is 7.55. The average Bonchev–Trinajstić information content (AvgIpc) is 3.12. The number of hydrogen-bond acceptors (Lipinski definition) is 5. The molecule has 1 N–H and O–H groups in total. The van der Waals surface area contributed by atoms with Gasteiger partial charge in [-0.15, -0.1) is 0 Å². The molecule has 4 rings (SSSR count). The SMILES string of the molecule is Cc1ccccc1OCC(=O)Nc1ccc(-c2nc3cccnc3s2)cc1. The highest BCUT2D eigenvalue weighted by Crippen LogP contribution is 2.29. The van der Waals surface area contributed by atoms with E-state index in [9.17, 15) is 4.79 Å². The Morgan fingerprint density at radius 2 is 1.89 bits per heavy atom. The normalized spacial score (nSPS) is 10.7. The number of nitrogens with zero attached hydrogens (tertiary/aromatic N) is 2. The Morgan fingerprint density at radius 1 is 1.07 bits per heavy atom. The molecule has 1 amide bonds. The van der Waals surface area contributed by atoms with Crippen LogP contribution in [0.5, 0.6) is 5.75 Å². The van der Waals surface area contributed by atoms with Crippen LogP contribution in [0.15, 0.2) is 66.9 Å². The molecule has 0 fully saturated rings. The first-order valence-electron chi connectivity index (χ1n) is 8.49. The maximum atomic E-state index is 12.1. The molecule has 5 nitrogen and oxygen atoms in total. The number of hydrogen-bond donors (Lipinski definition) is 1. The number of benzene rings is 2. The van der Waals surface area contributed by atoms with Crippen molar-refractivity contribution in [2.75, 3.05) is 11.9 Å². The summed E-state index contributed by atoms with van der Waals surface area (Å²) in [6, 6.07) is 19.1. The van der Waals surface area contributed by atoms with E-state index >= 15 is 0 Å². The molecule has 0 aliphatic carbocycles. The van der Waals surface area contributed by atoms with E-state index in [0.29, 0.717) is 5.75 Å². The van der Waals surface area contributed by atoms with Crippen LogP contribution in [0.2, 0.25) is 0 Å². The van der Waals surface area contributed by atoms with Crippen LogP contribution in [0.1, 0.15) is 5.56 Å².